The molecule has 0 bridgehead atoms. The molecular formula is C16H19ClN2O2. The zero-order valence-electron chi connectivity index (χ0n) is 12.2. The van der Waals surface area contributed by atoms with Crippen molar-refractivity contribution in [3.63, 3.8) is 0 Å². The van der Waals surface area contributed by atoms with E-state index in [1.165, 1.54) is 0 Å². The molecule has 4 nitrogen and oxygen atoms in total. The molecule has 0 spiro atoms. The van der Waals surface area contributed by atoms with E-state index >= 15 is 0 Å². The summed E-state index contributed by atoms with van der Waals surface area (Å²) < 4.78 is 0. The van der Waals surface area contributed by atoms with E-state index in [-0.39, 0.29) is 23.7 Å². The summed E-state index contributed by atoms with van der Waals surface area (Å²) in [6.07, 6.45) is 2.20. The van der Waals surface area contributed by atoms with E-state index in [4.69, 9.17) is 11.6 Å². The number of rotatable bonds is 5. The van der Waals surface area contributed by atoms with Gasteiger partial charge in [0.15, 0.2) is 0 Å². The second kappa shape index (κ2) is 6.31. The summed E-state index contributed by atoms with van der Waals surface area (Å²) in [4.78, 5) is 23.9. The van der Waals surface area contributed by atoms with Crippen LogP contribution in [0.25, 0.3) is 0 Å². The number of anilines is 1. The van der Waals surface area contributed by atoms with Gasteiger partial charge in [0.25, 0.3) is 0 Å². The van der Waals surface area contributed by atoms with Crippen LogP contribution in [0.5, 0.6) is 0 Å². The summed E-state index contributed by atoms with van der Waals surface area (Å²) in [6, 6.07) is 3.77. The van der Waals surface area contributed by atoms with Gasteiger partial charge >= 0.3 is 0 Å². The molecule has 0 radical (unpaired) electrons. The summed E-state index contributed by atoms with van der Waals surface area (Å²) in [5, 5.41) is 6.07. The highest BCUT2D eigenvalue weighted by Crippen LogP contribution is 2.40. The molecule has 1 aliphatic rings. The Labute approximate surface area is 129 Å². The first-order valence-corrected chi connectivity index (χ1v) is 7.28. The molecule has 112 valence electrons. The van der Waals surface area contributed by atoms with Crippen molar-refractivity contribution in [3.8, 4) is 0 Å². The molecule has 0 aliphatic heterocycles. The van der Waals surface area contributed by atoms with Gasteiger partial charge in [0.2, 0.25) is 11.8 Å². The van der Waals surface area contributed by atoms with Gasteiger partial charge in [0, 0.05) is 6.54 Å². The molecule has 1 fully saturated rings. The maximum atomic E-state index is 12.2. The molecule has 21 heavy (non-hydrogen) atoms. The summed E-state index contributed by atoms with van der Waals surface area (Å²) in [6.45, 7) is 7.81. The monoisotopic (exact) mass is 306 g/mol. The SMILES string of the molecule is C=CCNC(=O)C1CC1C(=O)Nc1c(C)cc(C)cc1Cl. The van der Waals surface area contributed by atoms with Crippen molar-refractivity contribution < 1.29 is 9.59 Å². The van der Waals surface area contributed by atoms with E-state index in [1.54, 1.807) is 6.08 Å². The van der Waals surface area contributed by atoms with Crippen LogP contribution in [-0.4, -0.2) is 18.4 Å². The molecule has 1 aliphatic carbocycles. The first-order valence-electron chi connectivity index (χ1n) is 6.90. The van der Waals surface area contributed by atoms with Crippen molar-refractivity contribution in [3.05, 3.63) is 40.9 Å². The molecule has 2 N–H and O–H groups in total. The van der Waals surface area contributed by atoms with Crippen LogP contribution in [0.4, 0.5) is 5.69 Å². The Balaban J connectivity index is 1.98. The van der Waals surface area contributed by atoms with Crippen LogP contribution in [0, 0.1) is 25.7 Å². The first-order chi connectivity index (χ1) is 9.93. The molecule has 2 amide bonds. The smallest absolute Gasteiger partial charge is 0.228 e. The van der Waals surface area contributed by atoms with Gasteiger partial charge in [0.1, 0.15) is 0 Å². The zero-order chi connectivity index (χ0) is 15.6. The van der Waals surface area contributed by atoms with Gasteiger partial charge in [-0.1, -0.05) is 23.7 Å². The van der Waals surface area contributed by atoms with Gasteiger partial charge in [-0.2, -0.15) is 0 Å². The fourth-order valence-corrected chi connectivity index (χ4v) is 2.74. The third-order valence-corrected chi connectivity index (χ3v) is 3.86. The van der Waals surface area contributed by atoms with Crippen molar-refractivity contribution in [1.29, 1.82) is 0 Å². The van der Waals surface area contributed by atoms with Crippen molar-refractivity contribution >= 4 is 29.1 Å². The molecule has 5 heteroatoms. The molecular weight excluding hydrogens is 288 g/mol. The number of nitrogens with one attached hydrogen (secondary N) is 2. The maximum absolute atomic E-state index is 12.2. The van der Waals surface area contributed by atoms with Crippen LogP contribution in [-0.2, 0) is 9.59 Å². The Morgan fingerprint density at radius 3 is 2.62 bits per heavy atom. The summed E-state index contributed by atoms with van der Waals surface area (Å²) in [5.74, 6) is -0.759. The van der Waals surface area contributed by atoms with Crippen LogP contribution in [0.3, 0.4) is 0 Å². The van der Waals surface area contributed by atoms with E-state index in [1.807, 2.05) is 26.0 Å². The molecule has 1 aromatic carbocycles. The van der Waals surface area contributed by atoms with E-state index in [0.29, 0.717) is 23.7 Å². The number of carbonyl (C=O) groups excluding carboxylic acids is 2. The van der Waals surface area contributed by atoms with Crippen molar-refractivity contribution in [2.45, 2.75) is 20.3 Å². The Morgan fingerprint density at radius 2 is 2.00 bits per heavy atom. The quantitative estimate of drug-likeness (QED) is 0.822. The van der Waals surface area contributed by atoms with Gasteiger partial charge in [-0.25, -0.2) is 0 Å². The van der Waals surface area contributed by atoms with Crippen LogP contribution >= 0.6 is 11.6 Å². The average molecular weight is 307 g/mol. The maximum Gasteiger partial charge on any atom is 0.228 e. The van der Waals surface area contributed by atoms with Crippen LogP contribution < -0.4 is 10.6 Å². The van der Waals surface area contributed by atoms with Gasteiger partial charge < -0.3 is 10.6 Å². The van der Waals surface area contributed by atoms with Gasteiger partial charge in [0.05, 0.1) is 22.5 Å². The highest BCUT2D eigenvalue weighted by Gasteiger charge is 2.47. The molecule has 0 aromatic heterocycles. The lowest BCUT2D eigenvalue weighted by atomic mass is 10.1. The summed E-state index contributed by atoms with van der Waals surface area (Å²) in [5.41, 5.74) is 2.59. The van der Waals surface area contributed by atoms with Crippen LogP contribution in [0.1, 0.15) is 17.5 Å². The standard InChI is InChI=1S/C16H19ClN2O2/c1-4-5-18-15(20)11-8-12(11)16(21)19-14-10(3)6-9(2)7-13(14)17/h4,6-7,11-12H,1,5,8H2,2-3H3,(H,18,20)(H,19,21). The molecule has 2 rings (SSSR count). The Kier molecular flexibility index (Phi) is 4.68. The molecule has 0 saturated heterocycles. The zero-order valence-corrected chi connectivity index (χ0v) is 13.0. The van der Waals surface area contributed by atoms with Crippen molar-refractivity contribution in [1.82, 2.24) is 5.32 Å². The fraction of sp³-hybridized carbons (Fsp3) is 0.375. The van der Waals surface area contributed by atoms with Crippen LogP contribution in [0.15, 0.2) is 24.8 Å². The Bertz CT molecular complexity index is 575. The summed E-state index contributed by atoms with van der Waals surface area (Å²) in [7, 11) is 0. The van der Waals surface area contributed by atoms with Gasteiger partial charge in [-0.05, 0) is 37.5 Å². The highest BCUT2D eigenvalue weighted by molar-refractivity contribution is 6.34. The topological polar surface area (TPSA) is 58.2 Å². The lowest BCUT2D eigenvalue weighted by Gasteiger charge is -2.11. The van der Waals surface area contributed by atoms with E-state index in [9.17, 15) is 9.59 Å². The van der Waals surface area contributed by atoms with E-state index < -0.39 is 0 Å². The molecule has 0 heterocycles. The van der Waals surface area contributed by atoms with Crippen molar-refractivity contribution in [2.24, 2.45) is 11.8 Å². The van der Waals surface area contributed by atoms with Gasteiger partial charge in [-0.3, -0.25) is 9.59 Å². The number of aryl methyl sites for hydroxylation is 2. The third kappa shape index (κ3) is 3.64. The van der Waals surface area contributed by atoms with E-state index in [2.05, 4.69) is 17.2 Å². The predicted molar refractivity (Wildman–Crippen MR) is 84.4 cm³/mol. The minimum Gasteiger partial charge on any atom is -0.352 e. The first kappa shape index (κ1) is 15.6. The third-order valence-electron chi connectivity index (χ3n) is 3.56. The van der Waals surface area contributed by atoms with E-state index in [0.717, 1.165) is 11.1 Å². The number of halogens is 1. The van der Waals surface area contributed by atoms with Gasteiger partial charge in [-0.15, -0.1) is 6.58 Å². The molecule has 1 saturated carbocycles. The lowest BCUT2D eigenvalue weighted by Crippen LogP contribution is -2.27. The highest BCUT2D eigenvalue weighted by atomic mass is 35.5. The van der Waals surface area contributed by atoms with Crippen LogP contribution in [0.2, 0.25) is 5.02 Å². The molecule has 2 unspecified atom stereocenters. The number of carbonyl (C=O) groups is 2. The molecule has 2 atom stereocenters. The minimum atomic E-state index is -0.272. The second-order valence-electron chi connectivity index (χ2n) is 5.41. The predicted octanol–water partition coefficient (Wildman–Crippen LogP) is 2.83. The normalized spacial score (nSPS) is 19.8. The number of amides is 2. The Morgan fingerprint density at radius 1 is 1.33 bits per heavy atom. The molecule has 1 aromatic rings. The average Bonchev–Trinajstić information content (AvgIpc) is 3.20. The number of hydrogen-bond acceptors (Lipinski definition) is 2. The Hall–Kier alpha value is -1.81. The lowest BCUT2D eigenvalue weighted by molar-refractivity contribution is -0.125. The minimum absolute atomic E-state index is 0.0956. The number of benzene rings is 1. The second-order valence-corrected chi connectivity index (χ2v) is 5.82. The fourth-order valence-electron chi connectivity index (χ4n) is 2.37. The largest absolute Gasteiger partial charge is 0.352 e. The number of hydrogen-bond donors (Lipinski definition) is 2. The summed E-state index contributed by atoms with van der Waals surface area (Å²) >= 11 is 6.17. The van der Waals surface area contributed by atoms with Crippen molar-refractivity contribution in [2.75, 3.05) is 11.9 Å².